The summed E-state index contributed by atoms with van der Waals surface area (Å²) in [5, 5.41) is 4.05. The number of nitrogens with zero attached hydrogens (tertiary/aromatic N) is 7. The van der Waals surface area contributed by atoms with Gasteiger partial charge in [0, 0.05) is 45.1 Å². The van der Waals surface area contributed by atoms with E-state index in [1.807, 2.05) is 30.6 Å². The van der Waals surface area contributed by atoms with Crippen LogP contribution in [-0.2, 0) is 0 Å². The van der Waals surface area contributed by atoms with Crippen molar-refractivity contribution in [1.82, 2.24) is 34.5 Å². The third-order valence-corrected chi connectivity index (χ3v) is 13.6. The SMILES string of the molecule is c1ccc(-c2cccc(-c3cccc(-c4nc(-c5cccc(-c6cccc(-c7ccccc7)c6)c5)nc(-n5c6ccccc6c6c7cncnc7c7c8ncccc8sc7c65)n4)c3)c2)cc1. The number of benzene rings is 8. The molecule has 0 atom stereocenters. The van der Waals surface area contributed by atoms with Gasteiger partial charge in [-0.3, -0.25) is 9.55 Å². The minimum Gasteiger partial charge on any atom is -0.276 e. The predicted octanol–water partition coefficient (Wildman–Crippen LogP) is 14.7. The summed E-state index contributed by atoms with van der Waals surface area (Å²) < 4.78 is 4.35. The average Bonchev–Trinajstić information content (AvgIpc) is 3.97. The molecule has 13 rings (SSSR count). The van der Waals surface area contributed by atoms with Crippen molar-refractivity contribution in [2.45, 2.75) is 0 Å². The van der Waals surface area contributed by atoms with Gasteiger partial charge in [0.25, 0.3) is 0 Å². The van der Waals surface area contributed by atoms with Gasteiger partial charge in [-0.1, -0.05) is 152 Å². The van der Waals surface area contributed by atoms with Crippen molar-refractivity contribution < 1.29 is 0 Å². The van der Waals surface area contributed by atoms with E-state index < -0.39 is 0 Å². The number of rotatable bonds is 7. The highest BCUT2D eigenvalue weighted by Gasteiger charge is 2.25. The quantitative estimate of drug-likeness (QED) is 0.159. The Labute approximate surface area is 383 Å². The van der Waals surface area contributed by atoms with Gasteiger partial charge in [-0.05, 0) is 87.0 Å². The Hall–Kier alpha value is -8.72. The summed E-state index contributed by atoms with van der Waals surface area (Å²) in [7, 11) is 0. The second kappa shape index (κ2) is 15.5. The molecule has 0 spiro atoms. The van der Waals surface area contributed by atoms with Gasteiger partial charge < -0.3 is 0 Å². The molecule has 5 aromatic heterocycles. The van der Waals surface area contributed by atoms with Crippen molar-refractivity contribution >= 4 is 64.3 Å². The van der Waals surface area contributed by atoms with Gasteiger partial charge in [0.2, 0.25) is 5.95 Å². The van der Waals surface area contributed by atoms with Gasteiger partial charge in [0.15, 0.2) is 11.6 Å². The molecule has 0 aliphatic heterocycles. The smallest absolute Gasteiger partial charge is 0.238 e. The van der Waals surface area contributed by atoms with Crippen LogP contribution in [0.25, 0.3) is 126 Å². The molecule has 0 saturated carbocycles. The number of hydrogen-bond acceptors (Lipinski definition) is 7. The zero-order valence-corrected chi connectivity index (χ0v) is 36.1. The molecule has 8 heteroatoms. The van der Waals surface area contributed by atoms with Crippen LogP contribution in [0.4, 0.5) is 0 Å². The lowest BCUT2D eigenvalue weighted by atomic mass is 9.97. The molecular weight excluding hydrogens is 827 g/mol. The predicted molar refractivity (Wildman–Crippen MR) is 271 cm³/mol. The van der Waals surface area contributed by atoms with Gasteiger partial charge in [-0.2, -0.15) is 9.97 Å². The molecule has 0 radical (unpaired) electrons. The molecule has 0 bridgehead atoms. The van der Waals surface area contributed by atoms with E-state index in [0.717, 1.165) is 97.5 Å². The van der Waals surface area contributed by atoms with Crippen LogP contribution in [0.1, 0.15) is 0 Å². The third-order valence-electron chi connectivity index (χ3n) is 12.4. The van der Waals surface area contributed by atoms with Gasteiger partial charge in [-0.15, -0.1) is 11.3 Å². The second-order valence-corrected chi connectivity index (χ2v) is 17.4. The molecule has 66 heavy (non-hydrogen) atoms. The maximum Gasteiger partial charge on any atom is 0.238 e. The molecule has 0 N–H and O–H groups in total. The Kier molecular flexibility index (Phi) is 8.89. The molecule has 0 unspecified atom stereocenters. The Balaban J connectivity index is 1.06. The second-order valence-electron chi connectivity index (χ2n) is 16.4. The Morgan fingerprint density at radius 1 is 0.394 bits per heavy atom. The highest BCUT2D eigenvalue weighted by molar-refractivity contribution is 7.26. The van der Waals surface area contributed by atoms with Gasteiger partial charge in [0.1, 0.15) is 6.33 Å². The first-order chi connectivity index (χ1) is 32.7. The number of thiophene rings is 1. The molecule has 0 saturated heterocycles. The Morgan fingerprint density at radius 3 is 1.52 bits per heavy atom. The lowest BCUT2D eigenvalue weighted by molar-refractivity contribution is 0.955. The minimum atomic E-state index is 0.511. The Bertz CT molecular complexity index is 3860. The van der Waals surface area contributed by atoms with Crippen molar-refractivity contribution in [3.63, 3.8) is 0 Å². The van der Waals surface area contributed by atoms with Crippen LogP contribution in [0, 0.1) is 0 Å². The highest BCUT2D eigenvalue weighted by atomic mass is 32.1. The molecule has 0 fully saturated rings. The van der Waals surface area contributed by atoms with Crippen molar-refractivity contribution in [2.24, 2.45) is 0 Å². The van der Waals surface area contributed by atoms with Crippen LogP contribution in [0.5, 0.6) is 0 Å². The van der Waals surface area contributed by atoms with Gasteiger partial charge >= 0.3 is 0 Å². The number of para-hydroxylation sites is 1. The molecule has 8 aromatic carbocycles. The largest absolute Gasteiger partial charge is 0.276 e. The van der Waals surface area contributed by atoms with E-state index in [2.05, 4.69) is 185 Å². The summed E-state index contributed by atoms with van der Waals surface area (Å²) in [6.07, 6.45) is 5.40. The molecule has 0 aliphatic rings. The fraction of sp³-hybridized carbons (Fsp3) is 0. The fourth-order valence-corrected chi connectivity index (χ4v) is 10.6. The summed E-state index contributed by atoms with van der Waals surface area (Å²) in [6.45, 7) is 0. The molecule has 5 heterocycles. The van der Waals surface area contributed by atoms with Crippen LogP contribution >= 0.6 is 11.3 Å². The summed E-state index contributed by atoms with van der Waals surface area (Å²) >= 11 is 1.71. The monoisotopic (exact) mass is 861 g/mol. The van der Waals surface area contributed by atoms with Gasteiger partial charge in [-0.25, -0.2) is 15.0 Å². The normalized spacial score (nSPS) is 11.6. The molecule has 0 amide bonds. The van der Waals surface area contributed by atoms with Gasteiger partial charge in [0.05, 0.1) is 31.5 Å². The number of aromatic nitrogens is 7. The summed E-state index contributed by atoms with van der Waals surface area (Å²) in [6, 6.07) is 67.9. The Morgan fingerprint density at radius 2 is 0.909 bits per heavy atom. The van der Waals surface area contributed by atoms with Crippen LogP contribution < -0.4 is 0 Å². The number of pyridine rings is 1. The van der Waals surface area contributed by atoms with E-state index in [9.17, 15) is 0 Å². The van der Waals surface area contributed by atoms with E-state index in [1.54, 1.807) is 17.7 Å². The lowest BCUT2D eigenvalue weighted by Gasteiger charge is -2.13. The van der Waals surface area contributed by atoms with E-state index in [0.29, 0.717) is 17.6 Å². The van der Waals surface area contributed by atoms with E-state index in [-0.39, 0.29) is 0 Å². The standard InChI is InChI=1S/C58H35N7S/c1-3-14-36(15-4-1)38-18-9-20-40(30-38)42-22-11-24-44(32-42)56-62-57(45-25-12-23-43(33-45)41-21-10-19-39(31-41)37-16-5-2-6-17-37)64-58(63-56)65-48-27-8-7-26-46(48)50-47-34-59-35-61-52(47)51-53-49(28-13-29-60-53)66-55(51)54(50)65/h1-35H. The van der Waals surface area contributed by atoms with E-state index in [4.69, 9.17) is 24.9 Å². The highest BCUT2D eigenvalue weighted by Crippen LogP contribution is 2.46. The molecule has 0 aliphatic carbocycles. The zero-order valence-electron chi connectivity index (χ0n) is 35.2. The maximum absolute atomic E-state index is 5.44. The van der Waals surface area contributed by atoms with Crippen LogP contribution in [0.15, 0.2) is 213 Å². The molecule has 13 aromatic rings. The number of fused-ring (bicyclic) bond motifs is 10. The van der Waals surface area contributed by atoms with Crippen LogP contribution in [-0.4, -0.2) is 34.5 Å². The molecule has 308 valence electrons. The number of hydrogen-bond donors (Lipinski definition) is 0. The zero-order chi connectivity index (χ0) is 43.6. The first-order valence-corrected chi connectivity index (χ1v) is 22.6. The summed E-state index contributed by atoms with van der Waals surface area (Å²) in [4.78, 5) is 30.6. The van der Waals surface area contributed by atoms with Crippen molar-refractivity contribution in [2.75, 3.05) is 0 Å². The maximum atomic E-state index is 5.44. The lowest BCUT2D eigenvalue weighted by Crippen LogP contribution is -2.06. The molecule has 7 nitrogen and oxygen atoms in total. The van der Waals surface area contributed by atoms with E-state index >= 15 is 0 Å². The first-order valence-electron chi connectivity index (χ1n) is 21.8. The van der Waals surface area contributed by atoms with Crippen molar-refractivity contribution in [1.29, 1.82) is 0 Å². The topological polar surface area (TPSA) is 82.3 Å². The van der Waals surface area contributed by atoms with Crippen molar-refractivity contribution in [3.8, 4) is 73.2 Å². The first kappa shape index (κ1) is 37.8. The van der Waals surface area contributed by atoms with Crippen LogP contribution in [0.2, 0.25) is 0 Å². The average molecular weight is 862 g/mol. The van der Waals surface area contributed by atoms with Crippen LogP contribution in [0.3, 0.4) is 0 Å². The van der Waals surface area contributed by atoms with Crippen molar-refractivity contribution in [3.05, 3.63) is 213 Å². The molecular formula is C58H35N7S. The third kappa shape index (κ3) is 6.34. The van der Waals surface area contributed by atoms with E-state index in [1.165, 1.54) is 11.1 Å². The fourth-order valence-electron chi connectivity index (χ4n) is 9.38. The summed E-state index contributed by atoms with van der Waals surface area (Å²) in [5.74, 6) is 1.64. The summed E-state index contributed by atoms with van der Waals surface area (Å²) in [5.41, 5.74) is 14.5. The minimum absolute atomic E-state index is 0.511.